The van der Waals surface area contributed by atoms with Gasteiger partial charge in [0.25, 0.3) is 0 Å². The Labute approximate surface area is 167 Å². The molecule has 2 aromatic rings. The van der Waals surface area contributed by atoms with Crippen LogP contribution in [0.15, 0.2) is 35.2 Å². The van der Waals surface area contributed by atoms with Gasteiger partial charge in [-0.3, -0.25) is 0 Å². The Morgan fingerprint density at radius 1 is 1.00 bits per heavy atom. The van der Waals surface area contributed by atoms with Crippen LogP contribution in [0, 0.1) is 0 Å². The summed E-state index contributed by atoms with van der Waals surface area (Å²) in [4.78, 5) is 0.00477. The topological polar surface area (TPSA) is 88.7 Å². The summed E-state index contributed by atoms with van der Waals surface area (Å²) < 4.78 is 35.7. The minimum absolute atomic E-state index is 0. The second-order valence-electron chi connectivity index (χ2n) is 5.73. The molecule has 0 unspecified atom stereocenters. The van der Waals surface area contributed by atoms with Crippen molar-refractivity contribution in [2.24, 2.45) is 0 Å². The minimum Gasteiger partial charge on any atom is -0.744 e. The van der Waals surface area contributed by atoms with Gasteiger partial charge in [-0.25, -0.2) is 8.42 Å². The van der Waals surface area contributed by atoms with E-state index >= 15 is 0 Å². The second-order valence-corrected chi connectivity index (χ2v) is 7.04. The minimum atomic E-state index is -4.49. The number of aryl methyl sites for hydroxylation is 1. The zero-order chi connectivity index (χ0) is 16.2. The van der Waals surface area contributed by atoms with Crippen LogP contribution in [0.3, 0.4) is 0 Å². The van der Waals surface area contributed by atoms with Crippen molar-refractivity contribution in [2.75, 3.05) is 0 Å². The molecule has 0 saturated carbocycles. The van der Waals surface area contributed by atoms with Crippen molar-refractivity contribution >= 4 is 20.9 Å². The Hall–Kier alpha value is -0.430. The third-order valence-corrected chi connectivity index (χ3v) is 4.99. The predicted octanol–water partition coefficient (Wildman–Crippen LogP) is 0.608. The zero-order valence-corrected chi connectivity index (χ0v) is 17.6. The van der Waals surface area contributed by atoms with Crippen LogP contribution in [0.5, 0.6) is 0 Å². The van der Waals surface area contributed by atoms with E-state index < -0.39 is 10.1 Å². The molecule has 4 nitrogen and oxygen atoms in total. The molecule has 0 aliphatic rings. The van der Waals surface area contributed by atoms with Crippen LogP contribution in [-0.2, 0) is 23.0 Å². The molecular weight excluding hydrogens is 335 g/mol. The monoisotopic (exact) mass is 360 g/mol. The Morgan fingerprint density at radius 3 is 2.17 bits per heavy atom. The molecule has 0 heterocycles. The molecule has 0 amide bonds. The van der Waals surface area contributed by atoms with Crippen molar-refractivity contribution in [3.8, 4) is 0 Å². The van der Waals surface area contributed by atoms with Gasteiger partial charge >= 0.3 is 29.6 Å². The maximum Gasteiger partial charge on any atom is 1.00 e. The summed E-state index contributed by atoms with van der Waals surface area (Å²) in [5, 5.41) is 1.40. The molecule has 0 saturated heterocycles. The van der Waals surface area contributed by atoms with Crippen LogP contribution >= 0.6 is 0 Å². The van der Waals surface area contributed by atoms with E-state index in [1.54, 1.807) is 12.1 Å². The van der Waals surface area contributed by atoms with Crippen molar-refractivity contribution in [3.05, 3.63) is 41.5 Å². The molecule has 6 heteroatoms. The third kappa shape index (κ3) is 5.55. The largest absolute Gasteiger partial charge is 1.00 e. The quantitative estimate of drug-likeness (QED) is 0.535. The first kappa shape index (κ1) is 23.6. The fraction of sp³-hybridized carbons (Fsp3) is 0.444. The molecule has 0 aromatic heterocycles. The van der Waals surface area contributed by atoms with E-state index in [1.807, 2.05) is 12.1 Å². The third-order valence-electron chi connectivity index (χ3n) is 4.03. The van der Waals surface area contributed by atoms with Crippen LogP contribution < -0.4 is 29.6 Å². The van der Waals surface area contributed by atoms with Crippen molar-refractivity contribution in [1.29, 1.82) is 0 Å². The van der Waals surface area contributed by atoms with Gasteiger partial charge in [0.15, 0.2) is 0 Å². The SMILES string of the molecule is CCCCc1cc2ccccc2c(S(=O)(=O)[O-])c1CCCC.O.[Na+]. The van der Waals surface area contributed by atoms with Crippen LogP contribution in [0.2, 0.25) is 0 Å². The molecule has 0 spiro atoms. The van der Waals surface area contributed by atoms with E-state index in [1.165, 1.54) is 0 Å². The molecule has 128 valence electrons. The van der Waals surface area contributed by atoms with E-state index in [9.17, 15) is 13.0 Å². The molecule has 2 N–H and O–H groups in total. The molecule has 2 rings (SSSR count). The summed E-state index contributed by atoms with van der Waals surface area (Å²) in [6.45, 7) is 4.18. The Morgan fingerprint density at radius 2 is 1.58 bits per heavy atom. The van der Waals surface area contributed by atoms with Crippen molar-refractivity contribution in [1.82, 2.24) is 0 Å². The number of fused-ring (bicyclic) bond motifs is 1. The number of rotatable bonds is 7. The summed E-state index contributed by atoms with van der Waals surface area (Å²) in [5.74, 6) is 0. The second kappa shape index (κ2) is 10.5. The van der Waals surface area contributed by atoms with E-state index in [0.29, 0.717) is 11.8 Å². The molecular formula is C18H25NaO4S. The average Bonchev–Trinajstić information content (AvgIpc) is 2.48. The molecule has 2 aromatic carbocycles. The summed E-state index contributed by atoms with van der Waals surface area (Å²) >= 11 is 0. The molecule has 0 aliphatic carbocycles. The molecule has 0 bridgehead atoms. The van der Waals surface area contributed by atoms with E-state index in [0.717, 1.165) is 48.6 Å². The van der Waals surface area contributed by atoms with Gasteiger partial charge in [-0.05, 0) is 47.6 Å². The van der Waals surface area contributed by atoms with Crippen LogP contribution in [0.4, 0.5) is 0 Å². The number of unbranched alkanes of at least 4 members (excludes halogenated alkanes) is 2. The number of hydrogen-bond donors (Lipinski definition) is 0. The summed E-state index contributed by atoms with van der Waals surface area (Å²) in [7, 11) is -4.49. The Bertz CT molecular complexity index is 757. The summed E-state index contributed by atoms with van der Waals surface area (Å²) in [6.07, 6.45) is 5.37. The molecule has 0 radical (unpaired) electrons. The first-order chi connectivity index (χ1) is 10.5. The van der Waals surface area contributed by atoms with Gasteiger partial charge in [-0.2, -0.15) is 0 Å². The van der Waals surface area contributed by atoms with Crippen molar-refractivity contribution in [3.63, 3.8) is 0 Å². The smallest absolute Gasteiger partial charge is 0.744 e. The van der Waals surface area contributed by atoms with Crippen LogP contribution in [0.1, 0.15) is 50.7 Å². The maximum absolute atomic E-state index is 11.9. The van der Waals surface area contributed by atoms with Gasteiger partial charge in [-0.15, -0.1) is 0 Å². The normalized spacial score (nSPS) is 11.0. The van der Waals surface area contributed by atoms with Gasteiger partial charge in [-0.1, -0.05) is 57.0 Å². The fourth-order valence-electron chi connectivity index (χ4n) is 2.92. The van der Waals surface area contributed by atoms with E-state index in [4.69, 9.17) is 0 Å². The first-order valence-electron chi connectivity index (χ1n) is 7.98. The zero-order valence-electron chi connectivity index (χ0n) is 14.8. The number of benzene rings is 2. The fourth-order valence-corrected chi connectivity index (χ4v) is 3.91. The van der Waals surface area contributed by atoms with E-state index in [2.05, 4.69) is 19.9 Å². The van der Waals surface area contributed by atoms with Crippen molar-refractivity contribution in [2.45, 2.75) is 57.3 Å². The van der Waals surface area contributed by atoms with Gasteiger partial charge in [0, 0.05) is 0 Å². The van der Waals surface area contributed by atoms with Crippen LogP contribution in [-0.4, -0.2) is 18.4 Å². The van der Waals surface area contributed by atoms with Gasteiger partial charge in [0.1, 0.15) is 10.1 Å². The molecule has 0 fully saturated rings. The number of hydrogen-bond acceptors (Lipinski definition) is 3. The molecule has 0 aliphatic heterocycles. The van der Waals surface area contributed by atoms with Crippen molar-refractivity contribution < 1.29 is 48.0 Å². The van der Waals surface area contributed by atoms with Gasteiger partial charge in [0.2, 0.25) is 0 Å². The standard InChI is InChI=1S/C18H24O3S.Na.H2O/c1-3-5-9-14-13-15-10-7-8-12-17(15)18(22(19,20)21)16(14)11-6-4-2;;/h7-8,10,12-13H,3-6,9,11H2,1-2H3,(H,19,20,21);;1H2/q;+1;/p-1. The summed E-state index contributed by atoms with van der Waals surface area (Å²) in [6, 6.07) is 9.33. The van der Waals surface area contributed by atoms with Crippen LogP contribution in [0.25, 0.3) is 10.8 Å². The molecule has 24 heavy (non-hydrogen) atoms. The van der Waals surface area contributed by atoms with Gasteiger partial charge < -0.3 is 10.0 Å². The maximum atomic E-state index is 11.9. The summed E-state index contributed by atoms with van der Waals surface area (Å²) in [5.41, 5.74) is 1.76. The average molecular weight is 360 g/mol. The predicted molar refractivity (Wildman–Crippen MR) is 92.7 cm³/mol. The van der Waals surface area contributed by atoms with E-state index in [-0.39, 0.29) is 39.9 Å². The molecule has 0 atom stereocenters. The Kier molecular flexibility index (Phi) is 10.3. The van der Waals surface area contributed by atoms with Gasteiger partial charge in [0.05, 0.1) is 4.90 Å². The first-order valence-corrected chi connectivity index (χ1v) is 9.39. The Balaban J connectivity index is 0.00000264.